The summed E-state index contributed by atoms with van der Waals surface area (Å²) < 4.78 is 25.3. The van der Waals surface area contributed by atoms with Gasteiger partial charge in [-0.3, -0.25) is 9.52 Å². The van der Waals surface area contributed by atoms with Crippen LogP contribution in [-0.2, 0) is 10.0 Å². The summed E-state index contributed by atoms with van der Waals surface area (Å²) in [7, 11) is -1.66. The number of aromatic hydroxyl groups is 1. The van der Waals surface area contributed by atoms with Crippen molar-refractivity contribution < 1.29 is 18.3 Å². The zero-order valence-electron chi connectivity index (χ0n) is 15.9. The third-order valence-electron chi connectivity index (χ3n) is 6.61. The molecule has 4 aliphatic rings. The summed E-state index contributed by atoms with van der Waals surface area (Å²) in [6.07, 6.45) is 8.75. The summed E-state index contributed by atoms with van der Waals surface area (Å²) in [5.41, 5.74) is 0.634. The van der Waals surface area contributed by atoms with Crippen LogP contribution in [0.25, 0.3) is 0 Å². The van der Waals surface area contributed by atoms with Gasteiger partial charge in [-0.25, -0.2) is 8.42 Å². The largest absolute Gasteiger partial charge is 0.507 e. The van der Waals surface area contributed by atoms with Crippen LogP contribution in [0.3, 0.4) is 0 Å². The second-order valence-corrected chi connectivity index (χ2v) is 10.9. The highest BCUT2D eigenvalue weighted by Crippen LogP contribution is 2.60. The zero-order valence-corrected chi connectivity index (χ0v) is 16.8. The highest BCUT2D eigenvalue weighted by atomic mass is 32.2. The fourth-order valence-corrected chi connectivity index (χ4v) is 6.80. The third-order valence-corrected chi connectivity index (χ3v) is 7.22. The molecule has 6 nitrogen and oxygen atoms in total. The van der Waals surface area contributed by atoms with E-state index in [-0.39, 0.29) is 28.3 Å². The Hall–Kier alpha value is -1.76. The van der Waals surface area contributed by atoms with Gasteiger partial charge in [-0.1, -0.05) is 0 Å². The molecule has 1 aromatic carbocycles. The molecule has 4 bridgehead atoms. The Bertz CT molecular complexity index is 829. The molecule has 148 valence electrons. The van der Waals surface area contributed by atoms with Gasteiger partial charge in [0.2, 0.25) is 10.0 Å². The summed E-state index contributed by atoms with van der Waals surface area (Å²) in [6, 6.07) is 4.22. The van der Waals surface area contributed by atoms with Gasteiger partial charge >= 0.3 is 0 Å². The number of nitrogens with one attached hydrogen (secondary N) is 1. The molecule has 0 aliphatic heterocycles. The van der Waals surface area contributed by atoms with Crippen molar-refractivity contribution in [1.29, 1.82) is 0 Å². The molecule has 4 aliphatic carbocycles. The van der Waals surface area contributed by atoms with Gasteiger partial charge in [-0.2, -0.15) is 0 Å². The van der Waals surface area contributed by atoms with Crippen LogP contribution in [0.15, 0.2) is 18.2 Å². The maximum absolute atomic E-state index is 13.0. The third kappa shape index (κ3) is 3.79. The first-order chi connectivity index (χ1) is 12.6. The molecule has 4 saturated carbocycles. The highest BCUT2D eigenvalue weighted by Gasteiger charge is 2.51. The van der Waals surface area contributed by atoms with Gasteiger partial charge in [-0.05, 0) is 79.9 Å². The average molecular weight is 393 g/mol. The number of anilines is 1. The minimum atomic E-state index is -3.45. The number of phenolic OH excluding ortho intramolecular Hbond substituents is 1. The van der Waals surface area contributed by atoms with E-state index < -0.39 is 10.0 Å². The van der Waals surface area contributed by atoms with Gasteiger partial charge in [0.05, 0.1) is 11.8 Å². The number of benzene rings is 1. The molecule has 0 heterocycles. The second-order valence-electron chi connectivity index (χ2n) is 9.18. The number of hydrogen-bond acceptors (Lipinski definition) is 4. The molecule has 0 spiro atoms. The second kappa shape index (κ2) is 6.40. The van der Waals surface area contributed by atoms with Gasteiger partial charge in [0.15, 0.2) is 0 Å². The van der Waals surface area contributed by atoms with Gasteiger partial charge < -0.3 is 10.0 Å². The Morgan fingerprint density at radius 3 is 2.26 bits per heavy atom. The molecular weight excluding hydrogens is 364 g/mol. The first kappa shape index (κ1) is 18.6. The van der Waals surface area contributed by atoms with Crippen LogP contribution in [0.2, 0.25) is 0 Å². The number of phenols is 1. The fourth-order valence-electron chi connectivity index (χ4n) is 6.25. The van der Waals surface area contributed by atoms with E-state index in [0.717, 1.165) is 24.0 Å². The molecule has 27 heavy (non-hydrogen) atoms. The van der Waals surface area contributed by atoms with E-state index >= 15 is 0 Å². The van der Waals surface area contributed by atoms with Crippen LogP contribution in [0.1, 0.15) is 48.9 Å². The molecule has 0 atom stereocenters. The normalized spacial score (nSPS) is 31.7. The number of hydrogen-bond donors (Lipinski definition) is 2. The van der Waals surface area contributed by atoms with E-state index in [1.165, 1.54) is 56.7 Å². The Morgan fingerprint density at radius 2 is 1.74 bits per heavy atom. The lowest BCUT2D eigenvalue weighted by atomic mass is 9.49. The molecule has 5 rings (SSSR count). The molecule has 1 amide bonds. The minimum absolute atomic E-state index is 0.128. The van der Waals surface area contributed by atoms with Crippen LogP contribution in [0.4, 0.5) is 5.69 Å². The molecule has 0 aromatic heterocycles. The fraction of sp³-hybridized carbons (Fsp3) is 0.650. The van der Waals surface area contributed by atoms with E-state index in [2.05, 4.69) is 4.72 Å². The number of nitrogens with zero attached hydrogens (tertiary/aromatic N) is 1. The lowest BCUT2D eigenvalue weighted by molar-refractivity contribution is -0.0629. The van der Waals surface area contributed by atoms with Gasteiger partial charge in [-0.15, -0.1) is 0 Å². The van der Waals surface area contributed by atoms with Crippen LogP contribution in [0.5, 0.6) is 5.75 Å². The van der Waals surface area contributed by atoms with E-state index in [0.29, 0.717) is 6.54 Å². The topological polar surface area (TPSA) is 86.7 Å². The number of carbonyl (C=O) groups excluding carboxylic acids is 1. The van der Waals surface area contributed by atoms with Crippen LogP contribution >= 0.6 is 0 Å². The summed E-state index contributed by atoms with van der Waals surface area (Å²) >= 11 is 0. The number of amides is 1. The monoisotopic (exact) mass is 392 g/mol. The lowest BCUT2D eigenvalue weighted by Gasteiger charge is -2.57. The lowest BCUT2D eigenvalue weighted by Crippen LogP contribution is -2.51. The van der Waals surface area contributed by atoms with Crippen LogP contribution in [-0.4, -0.2) is 44.2 Å². The zero-order chi connectivity index (χ0) is 19.4. The molecule has 1 aromatic rings. The van der Waals surface area contributed by atoms with E-state index in [1.54, 1.807) is 11.9 Å². The highest BCUT2D eigenvalue weighted by molar-refractivity contribution is 7.92. The van der Waals surface area contributed by atoms with Crippen molar-refractivity contribution in [3.8, 4) is 5.75 Å². The summed E-state index contributed by atoms with van der Waals surface area (Å²) in [5.74, 6) is 2.05. The molecular formula is C20H28N2O4S. The molecule has 0 radical (unpaired) electrons. The quantitative estimate of drug-likeness (QED) is 0.754. The predicted molar refractivity (Wildman–Crippen MR) is 104 cm³/mol. The first-order valence-corrected chi connectivity index (χ1v) is 11.6. The van der Waals surface area contributed by atoms with Crippen molar-refractivity contribution in [2.75, 3.05) is 24.6 Å². The maximum atomic E-state index is 13.0. The Labute approximate surface area is 161 Å². The van der Waals surface area contributed by atoms with Crippen LogP contribution < -0.4 is 4.72 Å². The SMILES string of the molecule is CN(CC12CC3CC(CC(C3)C1)C2)C(=O)c1cc(NS(C)(=O)=O)ccc1O. The van der Waals surface area contributed by atoms with Crippen molar-refractivity contribution >= 4 is 21.6 Å². The van der Waals surface area contributed by atoms with E-state index in [1.807, 2.05) is 0 Å². The Morgan fingerprint density at radius 1 is 1.19 bits per heavy atom. The summed E-state index contributed by atoms with van der Waals surface area (Å²) in [5, 5.41) is 10.2. The molecule has 2 N–H and O–H groups in total. The summed E-state index contributed by atoms with van der Waals surface area (Å²) in [4.78, 5) is 14.7. The smallest absolute Gasteiger partial charge is 0.257 e. The molecule has 4 fully saturated rings. The van der Waals surface area contributed by atoms with Crippen molar-refractivity contribution in [1.82, 2.24) is 4.90 Å². The van der Waals surface area contributed by atoms with E-state index in [9.17, 15) is 18.3 Å². The van der Waals surface area contributed by atoms with Gasteiger partial charge in [0.25, 0.3) is 5.91 Å². The standard InChI is InChI=1S/C20H28N2O4S/c1-22(12-20-9-13-5-14(10-20)7-15(6-13)11-20)19(24)17-8-16(3-4-18(17)23)21-27(2,25)26/h3-4,8,13-15,21,23H,5-7,9-12H2,1-2H3. The van der Waals surface area contributed by atoms with E-state index in [4.69, 9.17) is 0 Å². The average Bonchev–Trinajstić information content (AvgIpc) is 2.53. The number of sulfonamides is 1. The first-order valence-electron chi connectivity index (χ1n) is 9.69. The van der Waals surface area contributed by atoms with Crippen molar-refractivity contribution in [3.63, 3.8) is 0 Å². The van der Waals surface area contributed by atoms with Crippen molar-refractivity contribution in [3.05, 3.63) is 23.8 Å². The van der Waals surface area contributed by atoms with Gasteiger partial charge in [0, 0.05) is 19.3 Å². The predicted octanol–water partition coefficient (Wildman–Crippen LogP) is 3.05. The Balaban J connectivity index is 1.52. The molecule has 7 heteroatoms. The number of carbonyl (C=O) groups is 1. The van der Waals surface area contributed by atoms with Crippen LogP contribution in [0, 0.1) is 23.2 Å². The minimum Gasteiger partial charge on any atom is -0.507 e. The number of rotatable bonds is 5. The van der Waals surface area contributed by atoms with Gasteiger partial charge in [0.1, 0.15) is 5.75 Å². The Kier molecular flexibility index (Phi) is 4.41. The molecule has 0 unspecified atom stereocenters. The van der Waals surface area contributed by atoms with Crippen molar-refractivity contribution in [2.45, 2.75) is 38.5 Å². The molecule has 0 saturated heterocycles. The van der Waals surface area contributed by atoms with Crippen molar-refractivity contribution in [2.24, 2.45) is 23.2 Å². The summed E-state index contributed by atoms with van der Waals surface area (Å²) in [6.45, 7) is 0.707. The maximum Gasteiger partial charge on any atom is 0.257 e.